The fraction of sp³-hybridized carbons (Fsp3) is 0.588. The third-order valence-corrected chi connectivity index (χ3v) is 5.21. The molecule has 1 atom stereocenters. The van der Waals surface area contributed by atoms with Crippen LogP contribution in [0, 0.1) is 5.82 Å². The second kappa shape index (κ2) is 6.27. The van der Waals surface area contributed by atoms with Gasteiger partial charge in [-0.1, -0.05) is 6.07 Å². The summed E-state index contributed by atoms with van der Waals surface area (Å²) in [6.07, 6.45) is 0.0658. The second-order valence-electron chi connectivity index (χ2n) is 7.64. The molecule has 3 rings (SSSR count). The molecule has 0 saturated carbocycles. The Morgan fingerprint density at radius 2 is 1.96 bits per heavy atom. The summed E-state index contributed by atoms with van der Waals surface area (Å²) in [5.74, 6) is -0.502. The van der Waals surface area contributed by atoms with Crippen LogP contribution >= 0.6 is 0 Å². The number of rotatable bonds is 2. The number of likely N-dealkylation sites (tertiary alicyclic amines) is 1. The number of nitrogens with one attached hydrogen (secondary N) is 1. The van der Waals surface area contributed by atoms with Gasteiger partial charge in [-0.15, -0.1) is 0 Å². The summed E-state index contributed by atoms with van der Waals surface area (Å²) in [7, 11) is -0.788. The number of β-amino-alcohol motifs (C(OH)–C–C–N with tert-alkyl or cyclic N) is 1. The van der Waals surface area contributed by atoms with Crippen molar-refractivity contribution in [3.8, 4) is 0 Å². The number of halogens is 1. The summed E-state index contributed by atoms with van der Waals surface area (Å²) >= 11 is 0. The van der Waals surface area contributed by atoms with Crippen molar-refractivity contribution in [3.05, 3.63) is 24.0 Å². The van der Waals surface area contributed by atoms with Crippen molar-refractivity contribution >= 4 is 24.3 Å². The lowest BCUT2D eigenvalue weighted by Crippen LogP contribution is -2.41. The molecule has 0 aromatic heterocycles. The monoisotopic (exact) mass is 350 g/mol. The molecule has 2 saturated heterocycles. The Labute approximate surface area is 147 Å². The lowest BCUT2D eigenvalue weighted by molar-refractivity contribution is 0.00578. The van der Waals surface area contributed by atoms with Gasteiger partial charge in [-0.25, -0.2) is 9.18 Å². The third-order valence-electron chi connectivity index (χ3n) is 5.21. The first kappa shape index (κ1) is 18.2. The fourth-order valence-electron chi connectivity index (χ4n) is 2.89. The molecule has 136 valence electrons. The SMILES string of the molecule is CC1(C)OB(c2ccc(NC(=O)N3CC[C@@H](O)C3)cc2F)OC1(C)C. The minimum atomic E-state index is -0.788. The summed E-state index contributed by atoms with van der Waals surface area (Å²) in [6, 6.07) is 4.09. The Bertz CT molecular complexity index is 667. The van der Waals surface area contributed by atoms with Crippen molar-refractivity contribution in [1.82, 2.24) is 4.90 Å². The molecule has 0 aliphatic carbocycles. The molecule has 2 amide bonds. The van der Waals surface area contributed by atoms with Gasteiger partial charge in [0.05, 0.1) is 17.3 Å². The maximum atomic E-state index is 14.5. The van der Waals surface area contributed by atoms with Gasteiger partial charge in [0.1, 0.15) is 5.82 Å². The van der Waals surface area contributed by atoms with Gasteiger partial charge in [-0.3, -0.25) is 0 Å². The van der Waals surface area contributed by atoms with E-state index in [2.05, 4.69) is 5.32 Å². The molecule has 0 unspecified atom stereocenters. The van der Waals surface area contributed by atoms with Crippen LogP contribution in [-0.2, 0) is 9.31 Å². The van der Waals surface area contributed by atoms with Gasteiger partial charge >= 0.3 is 13.1 Å². The summed E-state index contributed by atoms with van der Waals surface area (Å²) in [6.45, 7) is 8.41. The number of aliphatic hydroxyl groups excluding tert-OH is 1. The lowest BCUT2D eigenvalue weighted by Gasteiger charge is -2.32. The number of benzene rings is 1. The first-order valence-corrected chi connectivity index (χ1v) is 8.48. The van der Waals surface area contributed by atoms with E-state index in [0.717, 1.165) is 0 Å². The zero-order valence-corrected chi connectivity index (χ0v) is 15.0. The van der Waals surface area contributed by atoms with E-state index in [1.807, 2.05) is 27.7 Å². The summed E-state index contributed by atoms with van der Waals surface area (Å²) in [5, 5.41) is 12.1. The molecule has 0 spiro atoms. The quantitative estimate of drug-likeness (QED) is 0.797. The Hall–Kier alpha value is -1.64. The topological polar surface area (TPSA) is 71.0 Å². The van der Waals surface area contributed by atoms with Crippen LogP contribution in [0.3, 0.4) is 0 Å². The molecule has 1 aromatic carbocycles. The smallest absolute Gasteiger partial charge is 0.399 e. The third kappa shape index (κ3) is 3.52. The first-order valence-electron chi connectivity index (χ1n) is 8.48. The molecule has 2 heterocycles. The molecule has 2 aliphatic heterocycles. The van der Waals surface area contributed by atoms with Gasteiger partial charge < -0.3 is 24.6 Å². The highest BCUT2D eigenvalue weighted by molar-refractivity contribution is 6.62. The highest BCUT2D eigenvalue weighted by Gasteiger charge is 2.52. The number of aliphatic hydroxyl groups is 1. The molecule has 0 bridgehead atoms. The minimum Gasteiger partial charge on any atom is -0.399 e. The van der Waals surface area contributed by atoms with Gasteiger partial charge in [0.2, 0.25) is 0 Å². The van der Waals surface area contributed by atoms with Crippen LogP contribution in [0.15, 0.2) is 18.2 Å². The number of hydrogen-bond donors (Lipinski definition) is 2. The van der Waals surface area contributed by atoms with E-state index in [9.17, 15) is 14.3 Å². The van der Waals surface area contributed by atoms with E-state index in [1.54, 1.807) is 12.1 Å². The zero-order chi connectivity index (χ0) is 18.4. The Kier molecular flexibility index (Phi) is 4.55. The largest absolute Gasteiger partial charge is 0.497 e. The Morgan fingerprint density at radius 3 is 2.48 bits per heavy atom. The van der Waals surface area contributed by atoms with E-state index in [-0.39, 0.29) is 6.03 Å². The van der Waals surface area contributed by atoms with Crippen LogP contribution in [0.2, 0.25) is 0 Å². The van der Waals surface area contributed by atoms with Crippen molar-refractivity contribution in [2.45, 2.75) is 51.4 Å². The number of carbonyl (C=O) groups excluding carboxylic acids is 1. The van der Waals surface area contributed by atoms with E-state index in [4.69, 9.17) is 9.31 Å². The molecule has 2 aliphatic rings. The molecular formula is C17H24BFN2O4. The number of nitrogens with zero attached hydrogens (tertiary/aromatic N) is 1. The molecule has 1 aromatic rings. The van der Waals surface area contributed by atoms with Crippen molar-refractivity contribution in [2.24, 2.45) is 0 Å². The number of carbonyl (C=O) groups is 1. The molecule has 2 N–H and O–H groups in total. The number of hydrogen-bond acceptors (Lipinski definition) is 4. The van der Waals surface area contributed by atoms with Crippen molar-refractivity contribution < 1.29 is 23.6 Å². The maximum Gasteiger partial charge on any atom is 0.497 e. The molecule has 6 nitrogen and oxygen atoms in total. The van der Waals surface area contributed by atoms with Gasteiger partial charge in [-0.05, 0) is 46.2 Å². The van der Waals surface area contributed by atoms with Gasteiger partial charge in [-0.2, -0.15) is 0 Å². The number of amides is 2. The van der Waals surface area contributed by atoms with E-state index >= 15 is 0 Å². The van der Waals surface area contributed by atoms with Crippen molar-refractivity contribution in [2.75, 3.05) is 18.4 Å². The van der Waals surface area contributed by atoms with Crippen LogP contribution in [0.25, 0.3) is 0 Å². The lowest BCUT2D eigenvalue weighted by atomic mass is 9.78. The van der Waals surface area contributed by atoms with Crippen molar-refractivity contribution in [3.63, 3.8) is 0 Å². The van der Waals surface area contributed by atoms with Gasteiger partial charge in [0, 0.05) is 24.2 Å². The van der Waals surface area contributed by atoms with Gasteiger partial charge in [0.15, 0.2) is 0 Å². The highest BCUT2D eigenvalue weighted by atomic mass is 19.1. The van der Waals surface area contributed by atoms with E-state index in [1.165, 1.54) is 11.0 Å². The Balaban J connectivity index is 1.70. The zero-order valence-electron chi connectivity index (χ0n) is 15.0. The predicted octanol–water partition coefficient (Wildman–Crippen LogP) is 1.72. The van der Waals surface area contributed by atoms with Crippen LogP contribution in [0.1, 0.15) is 34.1 Å². The van der Waals surface area contributed by atoms with E-state index in [0.29, 0.717) is 30.7 Å². The number of urea groups is 1. The van der Waals surface area contributed by atoms with E-state index < -0.39 is 30.2 Å². The normalized spacial score (nSPS) is 24.6. The summed E-state index contributed by atoms with van der Waals surface area (Å²) < 4.78 is 26.2. The summed E-state index contributed by atoms with van der Waals surface area (Å²) in [4.78, 5) is 13.6. The number of anilines is 1. The highest BCUT2D eigenvalue weighted by Crippen LogP contribution is 2.36. The first-order chi connectivity index (χ1) is 11.6. The van der Waals surface area contributed by atoms with Crippen LogP contribution in [0.5, 0.6) is 0 Å². The summed E-state index contributed by atoms with van der Waals surface area (Å²) in [5.41, 5.74) is -0.446. The maximum absolute atomic E-state index is 14.5. The Morgan fingerprint density at radius 1 is 1.32 bits per heavy atom. The minimum absolute atomic E-state index is 0.292. The van der Waals surface area contributed by atoms with Gasteiger partial charge in [0.25, 0.3) is 0 Å². The molecule has 0 radical (unpaired) electrons. The predicted molar refractivity (Wildman–Crippen MR) is 93.3 cm³/mol. The van der Waals surface area contributed by atoms with Crippen LogP contribution in [-0.4, -0.2) is 53.6 Å². The molecular weight excluding hydrogens is 326 g/mol. The average molecular weight is 350 g/mol. The second-order valence-corrected chi connectivity index (χ2v) is 7.64. The molecule has 25 heavy (non-hydrogen) atoms. The molecule has 8 heteroatoms. The van der Waals surface area contributed by atoms with Crippen LogP contribution < -0.4 is 10.8 Å². The molecule has 2 fully saturated rings. The van der Waals surface area contributed by atoms with Crippen LogP contribution in [0.4, 0.5) is 14.9 Å². The standard InChI is InChI=1S/C17H24BFN2O4/c1-16(2)17(3,4)25-18(24-16)13-6-5-11(9-14(13)19)20-15(23)21-8-7-12(22)10-21/h5-6,9,12,22H,7-8,10H2,1-4H3,(H,20,23)/t12-/m1/s1. The average Bonchev–Trinajstić information content (AvgIpc) is 3.00. The van der Waals surface area contributed by atoms with Crippen molar-refractivity contribution in [1.29, 1.82) is 0 Å². The fourth-order valence-corrected chi connectivity index (χ4v) is 2.89.